The molecule has 1 rings (SSSR count). The number of aliphatic carboxylic acids is 1. The fourth-order valence-corrected chi connectivity index (χ4v) is 1.22. The first kappa shape index (κ1) is 10.7. The lowest BCUT2D eigenvalue weighted by molar-refractivity contribution is -0.136. The van der Waals surface area contributed by atoms with Crippen molar-refractivity contribution >= 4 is 5.97 Å². The highest BCUT2D eigenvalue weighted by Crippen LogP contribution is 2.16. The fourth-order valence-electron chi connectivity index (χ4n) is 1.22. The number of benzene rings is 1. The Balaban J connectivity index is 2.73. The zero-order chi connectivity index (χ0) is 10.6. The first-order valence-corrected chi connectivity index (χ1v) is 4.47. The maximum atomic E-state index is 10.4. The van der Waals surface area contributed by atoms with E-state index in [4.69, 9.17) is 9.84 Å². The minimum Gasteiger partial charge on any atom is -0.481 e. The van der Waals surface area contributed by atoms with Gasteiger partial charge in [-0.25, -0.2) is 0 Å². The molecule has 0 aromatic heterocycles. The van der Waals surface area contributed by atoms with Gasteiger partial charge in [0, 0.05) is 7.11 Å². The third kappa shape index (κ3) is 2.85. The van der Waals surface area contributed by atoms with E-state index in [2.05, 4.69) is 0 Å². The van der Waals surface area contributed by atoms with E-state index >= 15 is 0 Å². The minimum atomic E-state index is -0.808. The standard InChI is InChI=1S/C11H14O3/c1-8(14-2)10-5-3-9(4-6-10)7-11(12)13/h3-6,8H,7H2,1-2H3,(H,12,13)/t8-/m0/s1. The molecule has 14 heavy (non-hydrogen) atoms. The molecule has 0 aliphatic carbocycles. The Labute approximate surface area is 83.3 Å². The van der Waals surface area contributed by atoms with Gasteiger partial charge in [-0.3, -0.25) is 4.79 Å². The van der Waals surface area contributed by atoms with Crippen LogP contribution in [0.5, 0.6) is 0 Å². The van der Waals surface area contributed by atoms with Crippen molar-refractivity contribution in [2.75, 3.05) is 7.11 Å². The Morgan fingerprint density at radius 3 is 2.43 bits per heavy atom. The van der Waals surface area contributed by atoms with Gasteiger partial charge in [-0.05, 0) is 18.1 Å². The van der Waals surface area contributed by atoms with Gasteiger partial charge in [-0.2, -0.15) is 0 Å². The molecule has 1 aromatic carbocycles. The number of hydrogen-bond acceptors (Lipinski definition) is 2. The average Bonchev–Trinajstić information content (AvgIpc) is 2.17. The Morgan fingerprint density at radius 2 is 2.00 bits per heavy atom. The molecular formula is C11H14O3. The lowest BCUT2D eigenvalue weighted by atomic mass is 10.1. The van der Waals surface area contributed by atoms with Crippen molar-refractivity contribution in [3.05, 3.63) is 35.4 Å². The number of methoxy groups -OCH3 is 1. The zero-order valence-corrected chi connectivity index (χ0v) is 8.36. The quantitative estimate of drug-likeness (QED) is 0.797. The van der Waals surface area contributed by atoms with Gasteiger partial charge in [0.1, 0.15) is 0 Å². The fraction of sp³-hybridized carbons (Fsp3) is 0.364. The number of carboxylic acid groups (broad SMARTS) is 1. The summed E-state index contributed by atoms with van der Waals surface area (Å²) in [6, 6.07) is 7.43. The van der Waals surface area contributed by atoms with Crippen LogP contribution in [0.4, 0.5) is 0 Å². The molecule has 1 aromatic rings. The maximum absolute atomic E-state index is 10.4. The molecule has 0 amide bonds. The molecule has 1 N–H and O–H groups in total. The minimum absolute atomic E-state index is 0.0499. The summed E-state index contributed by atoms with van der Waals surface area (Å²) >= 11 is 0. The summed E-state index contributed by atoms with van der Waals surface area (Å²) in [4.78, 5) is 10.4. The number of ether oxygens (including phenoxy) is 1. The van der Waals surface area contributed by atoms with Crippen molar-refractivity contribution in [3.8, 4) is 0 Å². The van der Waals surface area contributed by atoms with Gasteiger partial charge in [0.25, 0.3) is 0 Å². The summed E-state index contributed by atoms with van der Waals surface area (Å²) in [7, 11) is 1.65. The van der Waals surface area contributed by atoms with E-state index < -0.39 is 5.97 Å². The summed E-state index contributed by atoms with van der Waals surface area (Å²) in [5.74, 6) is -0.808. The summed E-state index contributed by atoms with van der Waals surface area (Å²) in [5, 5.41) is 8.57. The summed E-state index contributed by atoms with van der Waals surface area (Å²) in [6.07, 6.45) is 0.121. The van der Waals surface area contributed by atoms with Gasteiger partial charge in [-0.1, -0.05) is 24.3 Å². The molecule has 0 aliphatic heterocycles. The summed E-state index contributed by atoms with van der Waals surface area (Å²) in [6.45, 7) is 1.95. The topological polar surface area (TPSA) is 46.5 Å². The normalized spacial score (nSPS) is 12.4. The largest absolute Gasteiger partial charge is 0.481 e. The lowest BCUT2D eigenvalue weighted by Gasteiger charge is -2.09. The van der Waals surface area contributed by atoms with Crippen molar-refractivity contribution in [1.29, 1.82) is 0 Å². The lowest BCUT2D eigenvalue weighted by Crippen LogP contribution is -2.01. The summed E-state index contributed by atoms with van der Waals surface area (Å²) in [5.41, 5.74) is 1.87. The predicted octanol–water partition coefficient (Wildman–Crippen LogP) is 2.02. The van der Waals surface area contributed by atoms with E-state index in [0.29, 0.717) is 0 Å². The molecule has 76 valence electrons. The SMILES string of the molecule is CO[C@@H](C)c1ccc(CC(=O)O)cc1. The van der Waals surface area contributed by atoms with Gasteiger partial charge in [-0.15, -0.1) is 0 Å². The van der Waals surface area contributed by atoms with E-state index in [1.165, 1.54) is 0 Å². The molecule has 0 fully saturated rings. The third-order valence-corrected chi connectivity index (χ3v) is 2.16. The summed E-state index contributed by atoms with van der Waals surface area (Å²) < 4.78 is 5.14. The Hall–Kier alpha value is -1.35. The third-order valence-electron chi connectivity index (χ3n) is 2.16. The van der Waals surface area contributed by atoms with Crippen molar-refractivity contribution < 1.29 is 14.6 Å². The van der Waals surface area contributed by atoms with Gasteiger partial charge < -0.3 is 9.84 Å². The molecule has 3 nitrogen and oxygen atoms in total. The molecule has 0 bridgehead atoms. The van der Waals surface area contributed by atoms with Crippen LogP contribution in [-0.4, -0.2) is 18.2 Å². The van der Waals surface area contributed by atoms with Gasteiger partial charge >= 0.3 is 5.97 Å². The molecule has 0 spiro atoms. The molecule has 3 heteroatoms. The maximum Gasteiger partial charge on any atom is 0.307 e. The van der Waals surface area contributed by atoms with E-state index in [1.807, 2.05) is 31.2 Å². The second-order valence-corrected chi connectivity index (χ2v) is 3.19. The van der Waals surface area contributed by atoms with Crippen LogP contribution in [0.1, 0.15) is 24.2 Å². The van der Waals surface area contributed by atoms with E-state index in [9.17, 15) is 4.79 Å². The predicted molar refractivity (Wildman–Crippen MR) is 53.2 cm³/mol. The molecule has 0 saturated heterocycles. The van der Waals surface area contributed by atoms with Crippen LogP contribution in [0.15, 0.2) is 24.3 Å². The molecule has 0 unspecified atom stereocenters. The highest BCUT2D eigenvalue weighted by atomic mass is 16.5. The molecular weight excluding hydrogens is 180 g/mol. The highest BCUT2D eigenvalue weighted by Gasteiger charge is 2.04. The molecule has 1 atom stereocenters. The molecule has 0 aliphatic rings. The van der Waals surface area contributed by atoms with Crippen molar-refractivity contribution in [3.63, 3.8) is 0 Å². The Kier molecular flexibility index (Phi) is 3.65. The molecule has 0 radical (unpaired) electrons. The molecule has 0 saturated carbocycles. The van der Waals surface area contributed by atoms with Gasteiger partial charge in [0.05, 0.1) is 12.5 Å². The van der Waals surface area contributed by atoms with Crippen LogP contribution in [0.25, 0.3) is 0 Å². The average molecular weight is 194 g/mol. The van der Waals surface area contributed by atoms with Crippen LogP contribution in [-0.2, 0) is 16.0 Å². The van der Waals surface area contributed by atoms with Crippen molar-refractivity contribution in [2.24, 2.45) is 0 Å². The van der Waals surface area contributed by atoms with Crippen LogP contribution in [0, 0.1) is 0 Å². The van der Waals surface area contributed by atoms with E-state index in [-0.39, 0.29) is 12.5 Å². The number of carbonyl (C=O) groups is 1. The number of hydrogen-bond donors (Lipinski definition) is 1. The van der Waals surface area contributed by atoms with E-state index in [0.717, 1.165) is 11.1 Å². The molecule has 0 heterocycles. The van der Waals surface area contributed by atoms with E-state index in [1.54, 1.807) is 7.11 Å². The van der Waals surface area contributed by atoms with Crippen molar-refractivity contribution in [2.45, 2.75) is 19.4 Å². The Morgan fingerprint density at radius 1 is 1.43 bits per heavy atom. The van der Waals surface area contributed by atoms with Crippen LogP contribution < -0.4 is 0 Å². The van der Waals surface area contributed by atoms with Gasteiger partial charge in [0.2, 0.25) is 0 Å². The van der Waals surface area contributed by atoms with Crippen LogP contribution >= 0.6 is 0 Å². The highest BCUT2D eigenvalue weighted by molar-refractivity contribution is 5.70. The zero-order valence-electron chi connectivity index (χ0n) is 8.36. The number of rotatable bonds is 4. The first-order chi connectivity index (χ1) is 6.63. The second kappa shape index (κ2) is 4.77. The van der Waals surface area contributed by atoms with Crippen LogP contribution in [0.3, 0.4) is 0 Å². The first-order valence-electron chi connectivity index (χ1n) is 4.47. The van der Waals surface area contributed by atoms with Crippen molar-refractivity contribution in [1.82, 2.24) is 0 Å². The van der Waals surface area contributed by atoms with Crippen LogP contribution in [0.2, 0.25) is 0 Å². The van der Waals surface area contributed by atoms with Gasteiger partial charge in [0.15, 0.2) is 0 Å². The monoisotopic (exact) mass is 194 g/mol. The smallest absolute Gasteiger partial charge is 0.307 e. The second-order valence-electron chi connectivity index (χ2n) is 3.19. The Bertz CT molecular complexity index is 303. The number of carboxylic acids is 1.